The number of ether oxygens (including phenoxy) is 1. The second-order valence-electron chi connectivity index (χ2n) is 2.76. The average Bonchev–Trinajstić information content (AvgIpc) is 2.21. The molecule has 0 aliphatic rings. The van der Waals surface area contributed by atoms with Crippen LogP contribution >= 0.6 is 0 Å². The highest BCUT2D eigenvalue weighted by Crippen LogP contribution is 2.14. The van der Waals surface area contributed by atoms with Crippen molar-refractivity contribution >= 4 is 0 Å². The molecule has 0 saturated carbocycles. The Balaban J connectivity index is 2.61. The standard InChI is InChI=1S/C11H15NO/c1-2-8-13-11(9-12)10-6-4-3-5-7-10/h2-7,11H,1,8-9,12H2. The maximum absolute atomic E-state index is 5.59. The Morgan fingerprint density at radius 2 is 2.08 bits per heavy atom. The van der Waals surface area contributed by atoms with E-state index in [-0.39, 0.29) is 6.10 Å². The van der Waals surface area contributed by atoms with Crippen LogP contribution in [0, 0.1) is 0 Å². The summed E-state index contributed by atoms with van der Waals surface area (Å²) in [6, 6.07) is 9.97. The first-order valence-corrected chi connectivity index (χ1v) is 4.36. The predicted octanol–water partition coefficient (Wildman–Crippen LogP) is 1.89. The van der Waals surface area contributed by atoms with Gasteiger partial charge >= 0.3 is 0 Å². The molecule has 0 heterocycles. The maximum atomic E-state index is 5.59. The molecule has 0 amide bonds. The third-order valence-corrected chi connectivity index (χ3v) is 1.80. The van der Waals surface area contributed by atoms with E-state index in [1.807, 2.05) is 30.3 Å². The Morgan fingerprint density at radius 3 is 2.62 bits per heavy atom. The van der Waals surface area contributed by atoms with E-state index in [0.29, 0.717) is 13.2 Å². The molecule has 0 radical (unpaired) electrons. The van der Waals surface area contributed by atoms with Crippen molar-refractivity contribution in [3.05, 3.63) is 48.6 Å². The minimum Gasteiger partial charge on any atom is -0.368 e. The highest BCUT2D eigenvalue weighted by atomic mass is 16.5. The van der Waals surface area contributed by atoms with E-state index in [4.69, 9.17) is 10.5 Å². The van der Waals surface area contributed by atoms with Crippen LogP contribution in [0.2, 0.25) is 0 Å². The van der Waals surface area contributed by atoms with E-state index in [0.717, 1.165) is 5.56 Å². The van der Waals surface area contributed by atoms with E-state index in [2.05, 4.69) is 6.58 Å². The number of rotatable bonds is 5. The minimum atomic E-state index is -0.0146. The number of hydrogen-bond donors (Lipinski definition) is 1. The summed E-state index contributed by atoms with van der Waals surface area (Å²) in [5.74, 6) is 0. The molecular formula is C11H15NO. The van der Waals surface area contributed by atoms with Crippen molar-refractivity contribution in [1.29, 1.82) is 0 Å². The van der Waals surface area contributed by atoms with Gasteiger partial charge in [0.15, 0.2) is 0 Å². The van der Waals surface area contributed by atoms with Crippen LogP contribution < -0.4 is 5.73 Å². The van der Waals surface area contributed by atoms with Crippen LogP contribution in [0.3, 0.4) is 0 Å². The normalized spacial score (nSPS) is 12.4. The molecule has 2 nitrogen and oxygen atoms in total. The van der Waals surface area contributed by atoms with Crippen molar-refractivity contribution in [3.8, 4) is 0 Å². The van der Waals surface area contributed by atoms with Crippen LogP contribution in [0.1, 0.15) is 11.7 Å². The predicted molar refractivity (Wildman–Crippen MR) is 54.4 cm³/mol. The number of hydrogen-bond acceptors (Lipinski definition) is 2. The smallest absolute Gasteiger partial charge is 0.0951 e. The van der Waals surface area contributed by atoms with E-state index in [9.17, 15) is 0 Å². The Kier molecular flexibility index (Phi) is 4.23. The molecule has 0 spiro atoms. The molecule has 2 heteroatoms. The van der Waals surface area contributed by atoms with Crippen molar-refractivity contribution in [2.24, 2.45) is 5.73 Å². The molecule has 0 aliphatic heterocycles. The fourth-order valence-corrected chi connectivity index (χ4v) is 1.15. The van der Waals surface area contributed by atoms with Gasteiger partial charge in [0.2, 0.25) is 0 Å². The van der Waals surface area contributed by atoms with Crippen molar-refractivity contribution in [1.82, 2.24) is 0 Å². The quantitative estimate of drug-likeness (QED) is 0.697. The van der Waals surface area contributed by atoms with Gasteiger partial charge in [0.25, 0.3) is 0 Å². The first kappa shape index (κ1) is 9.96. The summed E-state index contributed by atoms with van der Waals surface area (Å²) in [4.78, 5) is 0. The molecule has 0 fully saturated rings. The lowest BCUT2D eigenvalue weighted by Crippen LogP contribution is -2.15. The van der Waals surface area contributed by atoms with Gasteiger partial charge < -0.3 is 10.5 Å². The highest BCUT2D eigenvalue weighted by molar-refractivity contribution is 5.17. The van der Waals surface area contributed by atoms with Gasteiger partial charge in [0.1, 0.15) is 0 Å². The van der Waals surface area contributed by atoms with Crippen LogP contribution in [-0.2, 0) is 4.74 Å². The van der Waals surface area contributed by atoms with E-state index in [1.165, 1.54) is 0 Å². The Bertz CT molecular complexity index is 246. The summed E-state index contributed by atoms with van der Waals surface area (Å²) in [7, 11) is 0. The van der Waals surface area contributed by atoms with Gasteiger partial charge in [-0.05, 0) is 5.56 Å². The zero-order chi connectivity index (χ0) is 9.52. The molecule has 70 valence electrons. The van der Waals surface area contributed by atoms with Gasteiger partial charge in [-0.1, -0.05) is 36.4 Å². The van der Waals surface area contributed by atoms with Gasteiger partial charge in [0, 0.05) is 6.54 Å². The Labute approximate surface area is 79.0 Å². The zero-order valence-corrected chi connectivity index (χ0v) is 7.65. The Morgan fingerprint density at radius 1 is 1.38 bits per heavy atom. The molecule has 1 aromatic carbocycles. The minimum absolute atomic E-state index is 0.0146. The molecular weight excluding hydrogens is 162 g/mol. The Hall–Kier alpha value is -1.12. The summed E-state index contributed by atoms with van der Waals surface area (Å²) < 4.78 is 5.48. The number of nitrogens with two attached hydrogens (primary N) is 1. The SMILES string of the molecule is C=CCOC(CN)c1ccccc1. The summed E-state index contributed by atoms with van der Waals surface area (Å²) in [5, 5.41) is 0. The van der Waals surface area contributed by atoms with Gasteiger partial charge in [-0.15, -0.1) is 6.58 Å². The molecule has 13 heavy (non-hydrogen) atoms. The fraction of sp³-hybridized carbons (Fsp3) is 0.273. The van der Waals surface area contributed by atoms with Gasteiger partial charge in [-0.2, -0.15) is 0 Å². The van der Waals surface area contributed by atoms with Crippen molar-refractivity contribution in [2.75, 3.05) is 13.2 Å². The van der Waals surface area contributed by atoms with Crippen LogP contribution in [-0.4, -0.2) is 13.2 Å². The molecule has 1 rings (SSSR count). The van der Waals surface area contributed by atoms with Crippen LogP contribution in [0.15, 0.2) is 43.0 Å². The van der Waals surface area contributed by atoms with Gasteiger partial charge in [-0.25, -0.2) is 0 Å². The van der Waals surface area contributed by atoms with E-state index >= 15 is 0 Å². The summed E-state index contributed by atoms with van der Waals surface area (Å²) in [6.07, 6.45) is 1.71. The third kappa shape index (κ3) is 3.01. The molecule has 0 saturated heterocycles. The molecule has 1 unspecified atom stereocenters. The zero-order valence-electron chi connectivity index (χ0n) is 7.65. The second kappa shape index (κ2) is 5.51. The highest BCUT2D eigenvalue weighted by Gasteiger charge is 2.07. The first-order chi connectivity index (χ1) is 6.38. The molecule has 1 aromatic rings. The van der Waals surface area contributed by atoms with Crippen LogP contribution in [0.4, 0.5) is 0 Å². The lowest BCUT2D eigenvalue weighted by atomic mass is 10.1. The first-order valence-electron chi connectivity index (χ1n) is 4.36. The average molecular weight is 177 g/mol. The van der Waals surface area contributed by atoms with Crippen molar-refractivity contribution < 1.29 is 4.74 Å². The molecule has 1 atom stereocenters. The van der Waals surface area contributed by atoms with E-state index < -0.39 is 0 Å². The monoisotopic (exact) mass is 177 g/mol. The second-order valence-corrected chi connectivity index (χ2v) is 2.76. The van der Waals surface area contributed by atoms with Crippen molar-refractivity contribution in [3.63, 3.8) is 0 Å². The lowest BCUT2D eigenvalue weighted by Gasteiger charge is -2.14. The largest absolute Gasteiger partial charge is 0.368 e. The van der Waals surface area contributed by atoms with Crippen LogP contribution in [0.25, 0.3) is 0 Å². The summed E-state index contributed by atoms with van der Waals surface area (Å²) >= 11 is 0. The maximum Gasteiger partial charge on any atom is 0.0951 e. The molecule has 2 N–H and O–H groups in total. The molecule has 0 aromatic heterocycles. The van der Waals surface area contributed by atoms with Gasteiger partial charge in [0.05, 0.1) is 12.7 Å². The lowest BCUT2D eigenvalue weighted by molar-refractivity contribution is 0.0808. The van der Waals surface area contributed by atoms with Crippen molar-refractivity contribution in [2.45, 2.75) is 6.10 Å². The summed E-state index contributed by atoms with van der Waals surface area (Å²) in [5.41, 5.74) is 6.70. The fourth-order valence-electron chi connectivity index (χ4n) is 1.15. The molecule has 0 bridgehead atoms. The number of benzene rings is 1. The summed E-state index contributed by atoms with van der Waals surface area (Å²) in [6.45, 7) is 4.63. The van der Waals surface area contributed by atoms with E-state index in [1.54, 1.807) is 6.08 Å². The van der Waals surface area contributed by atoms with Crippen LogP contribution in [0.5, 0.6) is 0 Å². The topological polar surface area (TPSA) is 35.2 Å². The molecule has 0 aliphatic carbocycles. The third-order valence-electron chi connectivity index (χ3n) is 1.80. The van der Waals surface area contributed by atoms with Gasteiger partial charge in [-0.3, -0.25) is 0 Å².